The Morgan fingerprint density at radius 1 is 1.06 bits per heavy atom. The Bertz CT molecular complexity index is 1210. The molecule has 35 heavy (non-hydrogen) atoms. The summed E-state index contributed by atoms with van der Waals surface area (Å²) in [5.74, 6) is -0.379. The molecule has 0 spiro atoms. The molecule has 0 radical (unpaired) electrons. The number of amides is 1. The molecular formula is C25H33N5O4S. The fraction of sp³-hybridized carbons (Fsp3) is 0.600. The van der Waals surface area contributed by atoms with Crippen molar-refractivity contribution in [2.24, 2.45) is 0 Å². The highest BCUT2D eigenvalue weighted by atomic mass is 32.2. The van der Waals surface area contributed by atoms with Crippen molar-refractivity contribution in [1.82, 2.24) is 24.9 Å². The topological polar surface area (TPSA) is 96.8 Å². The van der Waals surface area contributed by atoms with Crippen molar-refractivity contribution in [1.29, 1.82) is 0 Å². The molecule has 2 aromatic rings. The Morgan fingerprint density at radius 3 is 2.66 bits per heavy atom. The van der Waals surface area contributed by atoms with Gasteiger partial charge in [-0.2, -0.15) is 5.10 Å². The third kappa shape index (κ3) is 4.20. The number of benzene rings is 1. The van der Waals surface area contributed by atoms with Crippen molar-refractivity contribution < 1.29 is 17.9 Å². The van der Waals surface area contributed by atoms with Crippen LogP contribution in [0.2, 0.25) is 0 Å². The van der Waals surface area contributed by atoms with Crippen LogP contribution in [0.25, 0.3) is 11.3 Å². The van der Waals surface area contributed by atoms with Gasteiger partial charge in [-0.05, 0) is 44.8 Å². The summed E-state index contributed by atoms with van der Waals surface area (Å²) in [6.45, 7) is 5.98. The summed E-state index contributed by atoms with van der Waals surface area (Å²) in [5, 5.41) is 8.44. The number of rotatable bonds is 3. The summed E-state index contributed by atoms with van der Waals surface area (Å²) in [6.07, 6.45) is 4.40. The first-order chi connectivity index (χ1) is 17.0. The third-order valence-corrected chi connectivity index (χ3v) is 9.58. The van der Waals surface area contributed by atoms with Crippen LogP contribution in [0, 0.1) is 0 Å². The quantitative estimate of drug-likeness (QED) is 0.687. The van der Waals surface area contributed by atoms with Crippen molar-refractivity contribution in [2.45, 2.75) is 48.4 Å². The van der Waals surface area contributed by atoms with Crippen LogP contribution in [0.5, 0.6) is 0 Å². The van der Waals surface area contributed by atoms with E-state index in [2.05, 4.69) is 10.2 Å². The Labute approximate surface area is 206 Å². The van der Waals surface area contributed by atoms with Crippen LogP contribution in [-0.2, 0) is 20.3 Å². The smallest absolute Gasteiger partial charge is 0.274 e. The van der Waals surface area contributed by atoms with Crippen LogP contribution in [-0.4, -0.2) is 92.4 Å². The average Bonchev–Trinajstić information content (AvgIpc) is 3.28. The Balaban J connectivity index is 1.43. The minimum absolute atomic E-state index is 0.0968. The first kappa shape index (κ1) is 23.1. The SMILES string of the molecule is O=C(c1nn([C@H]2CCCN(C3CCCNC3)C2)c2c1CS(=O)(=O)c1ccccc1-2)N1CCOCC1. The molecule has 0 bridgehead atoms. The molecule has 3 saturated heterocycles. The zero-order valence-corrected chi connectivity index (χ0v) is 20.8. The molecule has 188 valence electrons. The molecule has 1 unspecified atom stereocenters. The van der Waals surface area contributed by atoms with E-state index >= 15 is 0 Å². The number of morpholine rings is 1. The number of hydrogen-bond acceptors (Lipinski definition) is 7. The standard InChI is InChI=1S/C25H33N5O4S/c31-25(28-11-13-34-14-12-28)23-21-17-35(32,33)22-8-2-1-7-20(22)24(21)30(27-23)19-6-4-10-29(16-19)18-5-3-9-26-15-18/h1-2,7-8,18-19,26H,3-6,9-17H2/t18?,19-/m0/s1. The average molecular weight is 500 g/mol. The van der Waals surface area contributed by atoms with E-state index in [1.807, 2.05) is 16.8 Å². The van der Waals surface area contributed by atoms with E-state index in [0.29, 0.717) is 48.4 Å². The number of carbonyl (C=O) groups excluding carboxylic acids is 1. The number of nitrogens with one attached hydrogen (secondary N) is 1. The van der Waals surface area contributed by atoms with Gasteiger partial charge in [0.1, 0.15) is 0 Å². The van der Waals surface area contributed by atoms with E-state index in [1.165, 1.54) is 12.8 Å². The minimum Gasteiger partial charge on any atom is -0.378 e. The van der Waals surface area contributed by atoms with Crippen LogP contribution in [0.15, 0.2) is 29.2 Å². The number of nitrogens with zero attached hydrogens (tertiary/aromatic N) is 4. The molecule has 0 saturated carbocycles. The molecule has 9 nitrogen and oxygen atoms in total. The lowest BCUT2D eigenvalue weighted by molar-refractivity contribution is 0.0297. The lowest BCUT2D eigenvalue weighted by atomic mass is 9.98. The molecule has 1 aromatic heterocycles. The summed E-state index contributed by atoms with van der Waals surface area (Å²) >= 11 is 0. The number of carbonyl (C=O) groups is 1. The van der Waals surface area contributed by atoms with Crippen LogP contribution < -0.4 is 5.32 Å². The van der Waals surface area contributed by atoms with Crippen molar-refractivity contribution in [2.75, 3.05) is 52.5 Å². The van der Waals surface area contributed by atoms with Crippen molar-refractivity contribution in [3.8, 4) is 11.3 Å². The van der Waals surface area contributed by atoms with Gasteiger partial charge in [0.15, 0.2) is 15.5 Å². The normalized spacial score (nSPS) is 26.7. The predicted molar refractivity (Wildman–Crippen MR) is 131 cm³/mol. The number of piperidine rings is 2. The first-order valence-corrected chi connectivity index (χ1v) is 14.4. The second-order valence-corrected chi connectivity index (χ2v) is 12.0. The molecule has 10 heteroatoms. The lowest BCUT2D eigenvalue weighted by Crippen LogP contribution is -2.50. The number of ether oxygens (including phenoxy) is 1. The van der Waals surface area contributed by atoms with Crippen molar-refractivity contribution in [3.63, 3.8) is 0 Å². The van der Waals surface area contributed by atoms with Gasteiger partial charge in [-0.15, -0.1) is 0 Å². The maximum atomic E-state index is 13.6. The summed E-state index contributed by atoms with van der Waals surface area (Å²) in [6, 6.07) is 7.78. The van der Waals surface area contributed by atoms with E-state index in [0.717, 1.165) is 44.7 Å². The van der Waals surface area contributed by atoms with E-state index in [1.54, 1.807) is 17.0 Å². The number of aromatic nitrogens is 2. The van der Waals surface area contributed by atoms with E-state index < -0.39 is 9.84 Å². The van der Waals surface area contributed by atoms with Crippen molar-refractivity contribution >= 4 is 15.7 Å². The highest BCUT2D eigenvalue weighted by Gasteiger charge is 2.39. The first-order valence-electron chi connectivity index (χ1n) is 12.8. The number of fused-ring (bicyclic) bond motifs is 3. The Hall–Kier alpha value is -2.27. The monoisotopic (exact) mass is 499 g/mol. The number of hydrogen-bond donors (Lipinski definition) is 1. The third-order valence-electron chi connectivity index (χ3n) is 7.88. The molecule has 4 aliphatic rings. The minimum atomic E-state index is -3.55. The summed E-state index contributed by atoms with van der Waals surface area (Å²) in [4.78, 5) is 18.2. The van der Waals surface area contributed by atoms with Crippen LogP contribution in [0.4, 0.5) is 0 Å². The molecule has 0 aliphatic carbocycles. The second kappa shape index (κ2) is 9.31. The molecule has 4 aliphatic heterocycles. The fourth-order valence-electron chi connectivity index (χ4n) is 6.10. The van der Waals surface area contributed by atoms with Gasteiger partial charge in [0.25, 0.3) is 5.91 Å². The maximum absolute atomic E-state index is 13.6. The maximum Gasteiger partial charge on any atom is 0.274 e. The van der Waals surface area contributed by atoms with Crippen LogP contribution >= 0.6 is 0 Å². The van der Waals surface area contributed by atoms with Gasteiger partial charge in [-0.3, -0.25) is 14.4 Å². The van der Waals surface area contributed by atoms with E-state index in [9.17, 15) is 13.2 Å². The summed E-state index contributed by atoms with van der Waals surface area (Å²) in [7, 11) is -3.55. The van der Waals surface area contributed by atoms with Gasteiger partial charge in [-0.25, -0.2) is 8.42 Å². The van der Waals surface area contributed by atoms with Gasteiger partial charge in [0, 0.05) is 43.3 Å². The Kier molecular flexibility index (Phi) is 6.16. The molecule has 5 heterocycles. The summed E-state index contributed by atoms with van der Waals surface area (Å²) in [5.41, 5.74) is 2.31. The Morgan fingerprint density at radius 2 is 1.86 bits per heavy atom. The molecule has 1 aromatic carbocycles. The molecule has 6 rings (SSSR count). The largest absolute Gasteiger partial charge is 0.378 e. The highest BCUT2D eigenvalue weighted by molar-refractivity contribution is 7.90. The van der Waals surface area contributed by atoms with Gasteiger partial charge in [-0.1, -0.05) is 18.2 Å². The second-order valence-electron chi connectivity index (χ2n) is 10.1. The van der Waals surface area contributed by atoms with Gasteiger partial charge in [0.2, 0.25) is 0 Å². The van der Waals surface area contributed by atoms with Crippen LogP contribution in [0.3, 0.4) is 0 Å². The predicted octanol–water partition coefficient (Wildman–Crippen LogP) is 1.70. The zero-order valence-electron chi connectivity index (χ0n) is 20.0. The zero-order chi connectivity index (χ0) is 24.0. The van der Waals surface area contributed by atoms with Crippen molar-refractivity contribution in [3.05, 3.63) is 35.5 Å². The number of sulfone groups is 1. The molecule has 2 atom stereocenters. The molecule has 3 fully saturated rings. The molecule has 1 amide bonds. The van der Waals surface area contributed by atoms with Crippen LogP contribution in [0.1, 0.15) is 47.8 Å². The highest BCUT2D eigenvalue weighted by Crippen LogP contribution is 2.42. The summed E-state index contributed by atoms with van der Waals surface area (Å²) < 4.78 is 33.9. The molecular weight excluding hydrogens is 466 g/mol. The molecule has 1 N–H and O–H groups in total. The van der Waals surface area contributed by atoms with E-state index in [4.69, 9.17) is 9.84 Å². The van der Waals surface area contributed by atoms with E-state index in [-0.39, 0.29) is 23.4 Å². The fourth-order valence-corrected chi connectivity index (χ4v) is 7.70. The van der Waals surface area contributed by atoms with Gasteiger partial charge in [0.05, 0.1) is 35.6 Å². The lowest BCUT2D eigenvalue weighted by Gasteiger charge is -2.40. The van der Waals surface area contributed by atoms with Gasteiger partial charge < -0.3 is 15.0 Å². The number of likely N-dealkylation sites (tertiary alicyclic amines) is 1. The van der Waals surface area contributed by atoms with Gasteiger partial charge >= 0.3 is 0 Å².